The largest absolute Gasteiger partial charge is 0.468 e. The van der Waals surface area contributed by atoms with E-state index in [9.17, 15) is 4.79 Å². The molecule has 6 nitrogen and oxygen atoms in total. The third-order valence-electron chi connectivity index (χ3n) is 5.08. The van der Waals surface area contributed by atoms with Crippen molar-refractivity contribution in [3.8, 4) is 11.6 Å². The van der Waals surface area contributed by atoms with Crippen LogP contribution in [0.25, 0.3) is 16.7 Å². The molecule has 0 aliphatic rings. The zero-order valence-corrected chi connectivity index (χ0v) is 17.3. The topological polar surface area (TPSA) is 69.0 Å². The van der Waals surface area contributed by atoms with E-state index in [1.807, 2.05) is 86.1 Å². The molecule has 0 saturated carbocycles. The number of nitrogens with zero attached hydrogens (tertiary/aromatic N) is 3. The summed E-state index contributed by atoms with van der Waals surface area (Å²) in [5.41, 5.74) is 5.79. The highest BCUT2D eigenvalue weighted by Crippen LogP contribution is 2.26. The molecular weight excluding hydrogens is 376 g/mol. The van der Waals surface area contributed by atoms with Gasteiger partial charge in [-0.05, 0) is 49.6 Å². The molecule has 152 valence electrons. The fourth-order valence-electron chi connectivity index (χ4n) is 3.49. The maximum absolute atomic E-state index is 12.3. The van der Waals surface area contributed by atoms with Crippen LogP contribution in [0.15, 0.2) is 60.7 Å². The first-order valence-corrected chi connectivity index (χ1v) is 9.89. The van der Waals surface area contributed by atoms with E-state index in [1.54, 1.807) is 0 Å². The van der Waals surface area contributed by atoms with Gasteiger partial charge in [-0.3, -0.25) is 4.79 Å². The van der Waals surface area contributed by atoms with Gasteiger partial charge in [0.1, 0.15) is 0 Å². The van der Waals surface area contributed by atoms with Crippen molar-refractivity contribution in [3.63, 3.8) is 0 Å². The van der Waals surface area contributed by atoms with Crippen LogP contribution in [0, 0.1) is 20.8 Å². The van der Waals surface area contributed by atoms with E-state index in [1.165, 1.54) is 0 Å². The van der Waals surface area contributed by atoms with Crippen molar-refractivity contribution in [2.45, 2.75) is 27.3 Å². The SMILES string of the molecule is Cc1ccccc1CNC(=O)COc1cc(C)c2c(C)nn(-c3ccccc3)c2n1. The lowest BCUT2D eigenvalue weighted by molar-refractivity contribution is -0.123. The van der Waals surface area contributed by atoms with Crippen molar-refractivity contribution in [3.05, 3.63) is 83.0 Å². The van der Waals surface area contributed by atoms with Crippen LogP contribution in [-0.4, -0.2) is 27.3 Å². The molecule has 4 rings (SSSR count). The molecule has 0 spiro atoms. The van der Waals surface area contributed by atoms with Gasteiger partial charge >= 0.3 is 0 Å². The Morgan fingerprint density at radius 3 is 2.50 bits per heavy atom. The second kappa shape index (κ2) is 8.37. The number of carbonyl (C=O) groups excluding carboxylic acids is 1. The number of rotatable bonds is 6. The maximum atomic E-state index is 12.3. The summed E-state index contributed by atoms with van der Waals surface area (Å²) in [5, 5.41) is 8.54. The van der Waals surface area contributed by atoms with Crippen molar-refractivity contribution in [1.29, 1.82) is 0 Å². The van der Waals surface area contributed by atoms with Crippen LogP contribution < -0.4 is 10.1 Å². The fourth-order valence-corrected chi connectivity index (χ4v) is 3.49. The number of carbonyl (C=O) groups is 1. The molecule has 6 heteroatoms. The minimum atomic E-state index is -0.189. The van der Waals surface area contributed by atoms with Crippen LogP contribution in [-0.2, 0) is 11.3 Å². The average molecular weight is 400 g/mol. The van der Waals surface area contributed by atoms with Crippen LogP contribution in [0.5, 0.6) is 5.88 Å². The lowest BCUT2D eigenvalue weighted by Gasteiger charge is -2.10. The summed E-state index contributed by atoms with van der Waals surface area (Å²) in [6.45, 7) is 6.37. The lowest BCUT2D eigenvalue weighted by Crippen LogP contribution is -2.28. The number of pyridine rings is 1. The zero-order chi connectivity index (χ0) is 21.1. The molecule has 2 heterocycles. The minimum absolute atomic E-state index is 0.0950. The summed E-state index contributed by atoms with van der Waals surface area (Å²) < 4.78 is 7.52. The summed E-state index contributed by atoms with van der Waals surface area (Å²) in [7, 11) is 0. The maximum Gasteiger partial charge on any atom is 0.258 e. The van der Waals surface area contributed by atoms with Crippen molar-refractivity contribution in [2.75, 3.05) is 6.61 Å². The summed E-state index contributed by atoms with van der Waals surface area (Å²) >= 11 is 0. The number of amides is 1. The Kier molecular flexibility index (Phi) is 5.48. The Morgan fingerprint density at radius 2 is 1.73 bits per heavy atom. The number of nitrogens with one attached hydrogen (secondary N) is 1. The lowest BCUT2D eigenvalue weighted by atomic mass is 10.1. The van der Waals surface area contributed by atoms with Gasteiger partial charge in [-0.15, -0.1) is 0 Å². The van der Waals surface area contributed by atoms with Crippen molar-refractivity contribution >= 4 is 16.9 Å². The predicted octanol–water partition coefficient (Wildman–Crippen LogP) is 4.04. The van der Waals surface area contributed by atoms with Crippen LogP contribution in [0.2, 0.25) is 0 Å². The van der Waals surface area contributed by atoms with E-state index in [4.69, 9.17) is 4.74 Å². The average Bonchev–Trinajstić information content (AvgIpc) is 3.09. The quantitative estimate of drug-likeness (QED) is 0.530. The summed E-state index contributed by atoms with van der Waals surface area (Å²) in [6.07, 6.45) is 0. The molecule has 1 amide bonds. The Labute approximate surface area is 175 Å². The van der Waals surface area contributed by atoms with E-state index in [-0.39, 0.29) is 12.5 Å². The Morgan fingerprint density at radius 1 is 1.00 bits per heavy atom. The molecule has 2 aromatic carbocycles. The van der Waals surface area contributed by atoms with Gasteiger partial charge in [0, 0.05) is 18.0 Å². The second-order valence-corrected chi connectivity index (χ2v) is 7.30. The Hall–Kier alpha value is -3.67. The zero-order valence-electron chi connectivity index (χ0n) is 17.3. The molecule has 0 radical (unpaired) electrons. The molecule has 0 atom stereocenters. The summed E-state index contributed by atoms with van der Waals surface area (Å²) in [4.78, 5) is 16.9. The van der Waals surface area contributed by atoms with Gasteiger partial charge in [0.2, 0.25) is 5.88 Å². The highest BCUT2D eigenvalue weighted by atomic mass is 16.5. The van der Waals surface area contributed by atoms with E-state index < -0.39 is 0 Å². The smallest absolute Gasteiger partial charge is 0.258 e. The number of aryl methyl sites for hydroxylation is 3. The number of aromatic nitrogens is 3. The van der Waals surface area contributed by atoms with Crippen LogP contribution in [0.3, 0.4) is 0 Å². The number of fused-ring (bicyclic) bond motifs is 1. The van der Waals surface area contributed by atoms with Crippen LogP contribution in [0.4, 0.5) is 0 Å². The number of hydrogen-bond acceptors (Lipinski definition) is 4. The first-order chi connectivity index (χ1) is 14.5. The van der Waals surface area contributed by atoms with E-state index in [2.05, 4.69) is 15.4 Å². The monoisotopic (exact) mass is 400 g/mol. The summed E-state index contributed by atoms with van der Waals surface area (Å²) in [6, 6.07) is 19.7. The molecule has 1 N–H and O–H groups in total. The third-order valence-corrected chi connectivity index (χ3v) is 5.08. The van der Waals surface area contributed by atoms with Gasteiger partial charge in [0.25, 0.3) is 5.91 Å². The van der Waals surface area contributed by atoms with Gasteiger partial charge < -0.3 is 10.1 Å². The van der Waals surface area contributed by atoms with E-state index >= 15 is 0 Å². The standard InChI is InChI=1S/C24H24N4O2/c1-16-9-7-8-10-19(16)14-25-21(29)15-30-22-13-17(2)23-18(3)27-28(24(23)26-22)20-11-5-4-6-12-20/h4-13H,14-15H2,1-3H3,(H,25,29). The van der Waals surface area contributed by atoms with Crippen molar-refractivity contribution in [1.82, 2.24) is 20.1 Å². The van der Waals surface area contributed by atoms with Crippen LogP contribution >= 0.6 is 0 Å². The first kappa shape index (κ1) is 19.6. The number of ether oxygens (including phenoxy) is 1. The normalized spacial score (nSPS) is 10.9. The third kappa shape index (κ3) is 4.03. The Bertz CT molecular complexity index is 1200. The molecule has 0 bridgehead atoms. The van der Waals surface area contributed by atoms with Crippen molar-refractivity contribution in [2.24, 2.45) is 0 Å². The van der Waals surface area contributed by atoms with E-state index in [0.29, 0.717) is 18.1 Å². The van der Waals surface area contributed by atoms with Crippen molar-refractivity contribution < 1.29 is 9.53 Å². The van der Waals surface area contributed by atoms with Crippen LogP contribution in [0.1, 0.15) is 22.4 Å². The molecule has 0 aliphatic carbocycles. The molecular formula is C24H24N4O2. The molecule has 4 aromatic rings. The van der Waals surface area contributed by atoms with Gasteiger partial charge in [0.15, 0.2) is 12.3 Å². The minimum Gasteiger partial charge on any atom is -0.468 e. The molecule has 2 aromatic heterocycles. The first-order valence-electron chi connectivity index (χ1n) is 9.89. The number of hydrogen-bond donors (Lipinski definition) is 1. The van der Waals surface area contributed by atoms with Gasteiger partial charge in [-0.1, -0.05) is 42.5 Å². The molecule has 0 aliphatic heterocycles. The molecule has 0 fully saturated rings. The van der Waals surface area contributed by atoms with Gasteiger partial charge in [0.05, 0.1) is 11.4 Å². The van der Waals surface area contributed by atoms with Gasteiger partial charge in [-0.25, -0.2) is 4.68 Å². The molecule has 0 unspecified atom stereocenters. The Balaban J connectivity index is 1.51. The number of para-hydroxylation sites is 1. The summed E-state index contributed by atoms with van der Waals surface area (Å²) in [5.74, 6) is 0.216. The second-order valence-electron chi connectivity index (χ2n) is 7.30. The molecule has 0 saturated heterocycles. The predicted molar refractivity (Wildman–Crippen MR) is 117 cm³/mol. The highest BCUT2D eigenvalue weighted by molar-refractivity contribution is 5.84. The fraction of sp³-hybridized carbons (Fsp3) is 0.208. The highest BCUT2D eigenvalue weighted by Gasteiger charge is 2.15. The van der Waals surface area contributed by atoms with Gasteiger partial charge in [-0.2, -0.15) is 10.1 Å². The number of benzene rings is 2. The van der Waals surface area contributed by atoms with E-state index in [0.717, 1.165) is 33.5 Å². The molecule has 30 heavy (non-hydrogen) atoms.